The molecule has 0 atom stereocenters. The summed E-state index contributed by atoms with van der Waals surface area (Å²) < 4.78 is 0. The van der Waals surface area contributed by atoms with Gasteiger partial charge >= 0.3 is 0 Å². The topological polar surface area (TPSA) is 116 Å². The first-order chi connectivity index (χ1) is 31.2. The van der Waals surface area contributed by atoms with Gasteiger partial charge in [-0.15, -0.1) is 0 Å². The number of benzene rings is 8. The predicted molar refractivity (Wildman–Crippen MR) is 255 cm³/mol. The molecule has 8 aromatic carbocycles. The molecule has 0 aromatic heterocycles. The van der Waals surface area contributed by atoms with E-state index in [1.807, 2.05) is 55.6 Å². The van der Waals surface area contributed by atoms with Gasteiger partial charge in [-0.05, 0) is 154 Å². The van der Waals surface area contributed by atoms with E-state index in [0.29, 0.717) is 45.7 Å². The maximum absolute atomic E-state index is 13.5. The Labute approximate surface area is 371 Å². The summed E-state index contributed by atoms with van der Waals surface area (Å²) in [5.41, 5.74) is 15.7. The number of amides is 3. The fraction of sp³-hybridized carbons (Fsp3) is 0.0714. The minimum Gasteiger partial charge on any atom is -0.388 e. The molecule has 0 unspecified atom stereocenters. The first-order valence-corrected chi connectivity index (χ1v) is 21.2. The molecular weight excluding hydrogens is 793 g/mol. The van der Waals surface area contributed by atoms with Crippen molar-refractivity contribution in [2.24, 2.45) is 0 Å². The van der Waals surface area contributed by atoms with Crippen LogP contribution >= 0.6 is 0 Å². The van der Waals surface area contributed by atoms with Gasteiger partial charge in [0.05, 0.1) is 5.41 Å². The average Bonchev–Trinajstić information content (AvgIpc) is 3.84. The number of carbonyl (C=O) groups excluding carboxylic acids is 4. The molecule has 0 bridgehead atoms. The van der Waals surface area contributed by atoms with Crippen molar-refractivity contribution >= 4 is 46.3 Å². The predicted octanol–water partition coefficient (Wildman–Crippen LogP) is 11.6. The van der Waals surface area contributed by atoms with Crippen LogP contribution in [0.1, 0.15) is 81.7 Å². The molecule has 10 rings (SSSR count). The summed E-state index contributed by atoms with van der Waals surface area (Å²) in [6.07, 6.45) is 0.644. The number of hydrogen-bond donors (Lipinski definition) is 4. The molecule has 8 nitrogen and oxygen atoms in total. The molecule has 8 heteroatoms. The van der Waals surface area contributed by atoms with Crippen molar-refractivity contribution in [3.05, 3.63) is 238 Å². The average molecular weight is 835 g/mol. The van der Waals surface area contributed by atoms with E-state index in [-0.39, 0.29) is 23.5 Å². The molecule has 64 heavy (non-hydrogen) atoms. The van der Waals surface area contributed by atoms with Crippen LogP contribution in [0, 0.1) is 0 Å². The standard InChI is InChI=1S/C56H42N4O4/c1-34(61)35-11-13-36(14-12-35)54(63)59-45-27-29-47-39(32-45)31-40-33-46(28-30-48(40)47)60-55(64)38-17-15-37(16-18-38)53(62)58-44-25-21-42(22-26-44)56(41-19-23-43(57-2)24-20-41)51-9-5-3-7-49(51)50-8-4-6-10-52(50)56/h3-30,32-33,57H,31H2,1-2H3,(H,58,62)(H,59,63)(H,60,64). The molecule has 0 saturated heterocycles. The molecule has 2 aliphatic rings. The van der Waals surface area contributed by atoms with Gasteiger partial charge in [0.25, 0.3) is 17.7 Å². The van der Waals surface area contributed by atoms with Crippen LogP contribution in [0.3, 0.4) is 0 Å². The largest absolute Gasteiger partial charge is 0.388 e. The number of fused-ring (bicyclic) bond motifs is 6. The molecule has 310 valence electrons. The van der Waals surface area contributed by atoms with Gasteiger partial charge in [0.15, 0.2) is 5.78 Å². The smallest absolute Gasteiger partial charge is 0.255 e. The van der Waals surface area contributed by atoms with Crippen molar-refractivity contribution in [3.8, 4) is 22.3 Å². The third-order valence-electron chi connectivity index (χ3n) is 12.5. The van der Waals surface area contributed by atoms with Crippen LogP contribution in [0.15, 0.2) is 182 Å². The molecule has 4 N–H and O–H groups in total. The van der Waals surface area contributed by atoms with Gasteiger partial charge in [-0.25, -0.2) is 0 Å². The molecule has 8 aromatic rings. The van der Waals surface area contributed by atoms with E-state index in [0.717, 1.165) is 39.1 Å². The van der Waals surface area contributed by atoms with E-state index in [1.54, 1.807) is 48.5 Å². The third-order valence-corrected chi connectivity index (χ3v) is 12.5. The van der Waals surface area contributed by atoms with Crippen molar-refractivity contribution in [2.45, 2.75) is 18.8 Å². The maximum Gasteiger partial charge on any atom is 0.255 e. The lowest BCUT2D eigenvalue weighted by molar-refractivity contribution is 0.100. The summed E-state index contributed by atoms with van der Waals surface area (Å²) >= 11 is 0. The van der Waals surface area contributed by atoms with Crippen molar-refractivity contribution in [3.63, 3.8) is 0 Å². The van der Waals surface area contributed by atoms with Crippen molar-refractivity contribution < 1.29 is 19.2 Å². The maximum atomic E-state index is 13.5. The molecule has 0 fully saturated rings. The number of hydrogen-bond acceptors (Lipinski definition) is 5. The Kier molecular flexibility index (Phi) is 10.0. The van der Waals surface area contributed by atoms with Gasteiger partial charge in [-0.3, -0.25) is 19.2 Å². The monoisotopic (exact) mass is 834 g/mol. The van der Waals surface area contributed by atoms with Crippen molar-refractivity contribution in [1.82, 2.24) is 0 Å². The van der Waals surface area contributed by atoms with Gasteiger partial charge < -0.3 is 21.3 Å². The number of Topliss-reactive ketones (excluding diaryl/α,β-unsaturated/α-hetero) is 1. The minimum atomic E-state index is -0.554. The lowest BCUT2D eigenvalue weighted by atomic mass is 9.67. The Morgan fingerprint density at radius 2 is 0.781 bits per heavy atom. The Bertz CT molecular complexity index is 3110. The van der Waals surface area contributed by atoms with Crippen LogP contribution < -0.4 is 21.3 Å². The van der Waals surface area contributed by atoms with E-state index in [9.17, 15) is 19.2 Å². The Morgan fingerprint density at radius 1 is 0.406 bits per heavy atom. The highest BCUT2D eigenvalue weighted by Crippen LogP contribution is 2.56. The Hall–Kier alpha value is -8.36. The van der Waals surface area contributed by atoms with Crippen LogP contribution in [0.2, 0.25) is 0 Å². The quantitative estimate of drug-likeness (QED) is 0.102. The van der Waals surface area contributed by atoms with Crippen molar-refractivity contribution in [2.75, 3.05) is 28.3 Å². The van der Waals surface area contributed by atoms with Crippen LogP contribution in [0.4, 0.5) is 22.7 Å². The summed E-state index contributed by atoms with van der Waals surface area (Å²) in [4.78, 5) is 51.5. The summed E-state index contributed by atoms with van der Waals surface area (Å²) in [5.74, 6) is -0.877. The normalized spacial score (nSPS) is 12.5. The van der Waals surface area contributed by atoms with E-state index in [4.69, 9.17) is 0 Å². The zero-order valence-electron chi connectivity index (χ0n) is 35.2. The Morgan fingerprint density at radius 3 is 1.20 bits per heavy atom. The second kappa shape index (κ2) is 16.2. The summed E-state index contributed by atoms with van der Waals surface area (Å²) in [5, 5.41) is 12.3. The number of ketones is 1. The second-order valence-electron chi connectivity index (χ2n) is 16.2. The summed E-state index contributed by atoms with van der Waals surface area (Å²) in [6, 6.07) is 58.8. The van der Waals surface area contributed by atoms with Crippen LogP contribution in [-0.2, 0) is 11.8 Å². The molecule has 2 aliphatic carbocycles. The van der Waals surface area contributed by atoms with Crippen LogP contribution in [0.25, 0.3) is 22.3 Å². The van der Waals surface area contributed by atoms with Gasteiger partial charge in [0.1, 0.15) is 0 Å². The molecule has 0 spiro atoms. The highest BCUT2D eigenvalue weighted by molar-refractivity contribution is 6.08. The molecular formula is C56H42N4O4. The number of anilines is 4. The molecule has 0 heterocycles. The first kappa shape index (κ1) is 39.8. The van der Waals surface area contributed by atoms with E-state index in [2.05, 4.69) is 106 Å². The fourth-order valence-corrected chi connectivity index (χ4v) is 9.32. The van der Waals surface area contributed by atoms with E-state index < -0.39 is 5.41 Å². The first-order valence-electron chi connectivity index (χ1n) is 21.2. The van der Waals surface area contributed by atoms with Gasteiger partial charge in [0.2, 0.25) is 0 Å². The van der Waals surface area contributed by atoms with Crippen LogP contribution in [-0.4, -0.2) is 30.6 Å². The second-order valence-corrected chi connectivity index (χ2v) is 16.2. The SMILES string of the molecule is CNc1ccc(C2(c3ccc(NC(=O)c4ccc(C(=O)Nc5ccc6c(c5)Cc5cc(NC(=O)c7ccc(C(C)=O)cc7)ccc5-6)cc4)cc3)c3ccccc3-c3ccccc32)cc1. The summed E-state index contributed by atoms with van der Waals surface area (Å²) in [7, 11) is 1.92. The van der Waals surface area contributed by atoms with E-state index in [1.165, 1.54) is 29.2 Å². The lowest BCUT2D eigenvalue weighted by Gasteiger charge is -2.34. The third kappa shape index (κ3) is 7.01. The molecule has 0 radical (unpaired) electrons. The van der Waals surface area contributed by atoms with Crippen molar-refractivity contribution in [1.29, 1.82) is 0 Å². The zero-order chi connectivity index (χ0) is 44.0. The minimum absolute atomic E-state index is 0.0535. The highest BCUT2D eigenvalue weighted by atomic mass is 16.2. The molecule has 0 aliphatic heterocycles. The highest BCUT2D eigenvalue weighted by Gasteiger charge is 2.45. The van der Waals surface area contributed by atoms with Gasteiger partial charge in [0, 0.05) is 52.1 Å². The zero-order valence-corrected chi connectivity index (χ0v) is 35.2. The lowest BCUT2D eigenvalue weighted by Crippen LogP contribution is -2.28. The van der Waals surface area contributed by atoms with Gasteiger partial charge in [-0.1, -0.05) is 97.1 Å². The fourth-order valence-electron chi connectivity index (χ4n) is 9.32. The summed E-state index contributed by atoms with van der Waals surface area (Å²) in [6.45, 7) is 1.49. The number of carbonyl (C=O) groups is 4. The van der Waals surface area contributed by atoms with Gasteiger partial charge in [-0.2, -0.15) is 0 Å². The Balaban J connectivity index is 0.806. The number of rotatable bonds is 10. The molecule has 3 amide bonds. The molecule has 0 saturated carbocycles. The van der Waals surface area contributed by atoms with Crippen LogP contribution in [0.5, 0.6) is 0 Å². The van der Waals surface area contributed by atoms with E-state index >= 15 is 0 Å². The number of nitrogens with one attached hydrogen (secondary N) is 4.